The normalized spacial score (nSPS) is 10.7. The van der Waals surface area contributed by atoms with Gasteiger partial charge in [0.1, 0.15) is 0 Å². The van der Waals surface area contributed by atoms with Gasteiger partial charge in [-0.15, -0.1) is 0 Å². The van der Waals surface area contributed by atoms with Crippen LogP contribution < -0.4 is 5.32 Å². The predicted octanol–water partition coefficient (Wildman–Crippen LogP) is 3.72. The van der Waals surface area contributed by atoms with Gasteiger partial charge in [-0.2, -0.15) is 0 Å². The van der Waals surface area contributed by atoms with E-state index in [2.05, 4.69) is 28.5 Å². The molecule has 1 N–H and O–H groups in total. The number of aryl methyl sites for hydroxylation is 1. The number of benzene rings is 1. The Morgan fingerprint density at radius 3 is 2.22 bits per heavy atom. The average Bonchev–Trinajstić information content (AvgIpc) is 2.82. The van der Waals surface area contributed by atoms with Gasteiger partial charge in [0.05, 0.1) is 18.2 Å². The summed E-state index contributed by atoms with van der Waals surface area (Å²) in [6.45, 7) is 8.12. The van der Waals surface area contributed by atoms with Crippen LogP contribution in [-0.4, -0.2) is 23.6 Å². The van der Waals surface area contributed by atoms with Crippen molar-refractivity contribution in [2.24, 2.45) is 0 Å². The second kappa shape index (κ2) is 6.69. The molecule has 1 heterocycles. The minimum Gasteiger partial charge on any atom is -0.465 e. The van der Waals surface area contributed by atoms with Gasteiger partial charge < -0.3 is 14.6 Å². The Morgan fingerprint density at radius 2 is 1.74 bits per heavy atom. The Morgan fingerprint density at radius 1 is 1.13 bits per heavy atom. The predicted molar refractivity (Wildman–Crippen MR) is 90.0 cm³/mol. The highest BCUT2D eigenvalue weighted by Gasteiger charge is 2.17. The maximum atomic E-state index is 12.5. The zero-order valence-corrected chi connectivity index (χ0v) is 14.1. The molecule has 0 aliphatic rings. The summed E-state index contributed by atoms with van der Waals surface area (Å²) < 4.78 is 6.79. The number of carbonyl (C=O) groups excluding carboxylic acids is 2. The van der Waals surface area contributed by atoms with Crippen LogP contribution in [0.4, 0.5) is 5.69 Å². The molecule has 1 aromatic carbocycles. The van der Waals surface area contributed by atoms with Gasteiger partial charge in [0.2, 0.25) is 0 Å². The number of rotatable bonds is 4. The Kier molecular flexibility index (Phi) is 4.89. The van der Waals surface area contributed by atoms with Crippen molar-refractivity contribution >= 4 is 17.6 Å². The summed E-state index contributed by atoms with van der Waals surface area (Å²) in [5.41, 5.74) is 3.75. The van der Waals surface area contributed by atoms with E-state index >= 15 is 0 Å². The first kappa shape index (κ1) is 16.8. The molecule has 0 aliphatic carbocycles. The lowest BCUT2D eigenvalue weighted by molar-refractivity contribution is 0.0600. The molecule has 0 fully saturated rings. The average molecular weight is 314 g/mol. The third kappa shape index (κ3) is 3.44. The summed E-state index contributed by atoms with van der Waals surface area (Å²) in [6.07, 6.45) is 0. The van der Waals surface area contributed by atoms with Gasteiger partial charge >= 0.3 is 5.97 Å². The van der Waals surface area contributed by atoms with Crippen LogP contribution in [0.1, 0.15) is 52.0 Å². The lowest BCUT2D eigenvalue weighted by Gasteiger charge is -2.13. The summed E-state index contributed by atoms with van der Waals surface area (Å²) in [6, 6.07) is 8.82. The molecule has 5 heteroatoms. The monoisotopic (exact) mass is 314 g/mol. The summed E-state index contributed by atoms with van der Waals surface area (Å²) in [7, 11) is 1.34. The van der Waals surface area contributed by atoms with Gasteiger partial charge in [0.15, 0.2) is 0 Å². The number of hydrogen-bond donors (Lipinski definition) is 1. The summed E-state index contributed by atoms with van der Waals surface area (Å²) in [4.78, 5) is 23.9. The highest BCUT2D eigenvalue weighted by molar-refractivity contribution is 6.05. The molecule has 0 bridgehead atoms. The SMILES string of the molecule is COC(=O)c1ccc(NC(=O)c2cc(C)n(C(C)C)c2C)cc1. The quantitative estimate of drug-likeness (QED) is 0.875. The number of aromatic nitrogens is 1. The number of hydrogen-bond acceptors (Lipinski definition) is 3. The molecular formula is C18H22N2O3. The molecule has 0 saturated carbocycles. The zero-order chi connectivity index (χ0) is 17.1. The molecule has 0 radical (unpaired) electrons. The van der Waals surface area contributed by atoms with Crippen LogP contribution in [0.15, 0.2) is 30.3 Å². The number of esters is 1. The molecule has 2 rings (SSSR count). The fourth-order valence-electron chi connectivity index (χ4n) is 2.81. The van der Waals surface area contributed by atoms with Crippen LogP contribution in [-0.2, 0) is 4.74 Å². The second-order valence-corrected chi connectivity index (χ2v) is 5.77. The van der Waals surface area contributed by atoms with E-state index < -0.39 is 5.97 Å². The number of nitrogens with zero attached hydrogens (tertiary/aromatic N) is 1. The third-order valence-corrected chi connectivity index (χ3v) is 3.81. The van der Waals surface area contributed by atoms with E-state index in [9.17, 15) is 9.59 Å². The van der Waals surface area contributed by atoms with Crippen LogP contribution in [0.2, 0.25) is 0 Å². The van der Waals surface area contributed by atoms with E-state index in [0.717, 1.165) is 11.4 Å². The number of carbonyl (C=O) groups is 2. The van der Waals surface area contributed by atoms with Gasteiger partial charge in [-0.25, -0.2) is 4.79 Å². The fraction of sp³-hybridized carbons (Fsp3) is 0.333. The number of amides is 1. The molecule has 1 amide bonds. The van der Waals surface area contributed by atoms with Crippen molar-refractivity contribution in [2.75, 3.05) is 12.4 Å². The van der Waals surface area contributed by atoms with Crippen molar-refractivity contribution in [2.45, 2.75) is 33.7 Å². The molecule has 0 aliphatic heterocycles. The first-order valence-electron chi connectivity index (χ1n) is 7.53. The van der Waals surface area contributed by atoms with E-state index in [-0.39, 0.29) is 5.91 Å². The largest absolute Gasteiger partial charge is 0.465 e. The van der Waals surface area contributed by atoms with Crippen LogP contribution in [0.5, 0.6) is 0 Å². The Bertz CT molecular complexity index is 727. The zero-order valence-electron chi connectivity index (χ0n) is 14.1. The van der Waals surface area contributed by atoms with Crippen molar-refractivity contribution in [1.29, 1.82) is 0 Å². The molecule has 0 atom stereocenters. The third-order valence-electron chi connectivity index (χ3n) is 3.81. The molecule has 5 nitrogen and oxygen atoms in total. The van der Waals surface area contributed by atoms with Crippen molar-refractivity contribution in [1.82, 2.24) is 4.57 Å². The summed E-state index contributed by atoms with van der Waals surface area (Å²) in [5, 5.41) is 2.86. The maximum Gasteiger partial charge on any atom is 0.337 e. The number of methoxy groups -OCH3 is 1. The van der Waals surface area contributed by atoms with Crippen LogP contribution >= 0.6 is 0 Å². The van der Waals surface area contributed by atoms with E-state index in [1.807, 2.05) is 19.9 Å². The molecule has 0 spiro atoms. The molecule has 1 aromatic heterocycles. The fourth-order valence-corrected chi connectivity index (χ4v) is 2.81. The molecular weight excluding hydrogens is 292 g/mol. The lowest BCUT2D eigenvalue weighted by Crippen LogP contribution is -2.14. The summed E-state index contributed by atoms with van der Waals surface area (Å²) >= 11 is 0. The van der Waals surface area contributed by atoms with Crippen molar-refractivity contribution in [3.05, 3.63) is 52.8 Å². The van der Waals surface area contributed by atoms with Crippen molar-refractivity contribution < 1.29 is 14.3 Å². The van der Waals surface area contributed by atoms with E-state index in [1.54, 1.807) is 24.3 Å². The summed E-state index contributed by atoms with van der Waals surface area (Å²) in [5.74, 6) is -0.556. The smallest absolute Gasteiger partial charge is 0.337 e. The van der Waals surface area contributed by atoms with Gasteiger partial charge in [0.25, 0.3) is 5.91 Å². The Balaban J connectivity index is 2.20. The molecule has 0 saturated heterocycles. The van der Waals surface area contributed by atoms with Gasteiger partial charge in [0, 0.05) is 23.1 Å². The first-order chi connectivity index (χ1) is 10.8. The second-order valence-electron chi connectivity index (χ2n) is 5.77. The van der Waals surface area contributed by atoms with Crippen LogP contribution in [0, 0.1) is 13.8 Å². The first-order valence-corrected chi connectivity index (χ1v) is 7.53. The van der Waals surface area contributed by atoms with E-state index in [1.165, 1.54) is 7.11 Å². The van der Waals surface area contributed by atoms with Crippen LogP contribution in [0.3, 0.4) is 0 Å². The van der Waals surface area contributed by atoms with E-state index in [0.29, 0.717) is 22.9 Å². The van der Waals surface area contributed by atoms with Gasteiger partial charge in [-0.1, -0.05) is 0 Å². The van der Waals surface area contributed by atoms with Crippen molar-refractivity contribution in [3.63, 3.8) is 0 Å². The Labute approximate surface area is 136 Å². The van der Waals surface area contributed by atoms with E-state index in [4.69, 9.17) is 0 Å². The molecule has 0 unspecified atom stereocenters. The lowest BCUT2D eigenvalue weighted by atomic mass is 10.2. The highest BCUT2D eigenvalue weighted by Crippen LogP contribution is 2.21. The number of nitrogens with one attached hydrogen (secondary N) is 1. The molecule has 2 aromatic rings. The number of ether oxygens (including phenoxy) is 1. The standard InChI is InChI=1S/C18H22N2O3/c1-11(2)20-12(3)10-16(13(20)4)17(21)19-15-8-6-14(7-9-15)18(22)23-5/h6-11H,1-5H3,(H,19,21). The van der Waals surface area contributed by atoms with Crippen LogP contribution in [0.25, 0.3) is 0 Å². The number of anilines is 1. The van der Waals surface area contributed by atoms with Gasteiger partial charge in [-0.05, 0) is 58.0 Å². The van der Waals surface area contributed by atoms with Gasteiger partial charge in [-0.3, -0.25) is 4.79 Å². The highest BCUT2D eigenvalue weighted by atomic mass is 16.5. The molecule has 23 heavy (non-hydrogen) atoms. The van der Waals surface area contributed by atoms with Crippen molar-refractivity contribution in [3.8, 4) is 0 Å². The Hall–Kier alpha value is -2.56. The minimum atomic E-state index is -0.400. The minimum absolute atomic E-state index is 0.157. The topological polar surface area (TPSA) is 60.3 Å². The maximum absolute atomic E-state index is 12.5. The molecule has 122 valence electrons.